The van der Waals surface area contributed by atoms with Gasteiger partial charge in [-0.3, -0.25) is 4.79 Å². The summed E-state index contributed by atoms with van der Waals surface area (Å²) in [6, 6.07) is 0.676. The second-order valence-electron chi connectivity index (χ2n) is 7.69. The number of hydrogen-bond donors (Lipinski definition) is 1. The maximum atomic E-state index is 12.8. The first-order valence-electron chi connectivity index (χ1n) is 9.60. The zero-order chi connectivity index (χ0) is 19.9. The highest BCUT2D eigenvalue weighted by atomic mass is 32.2. The second kappa shape index (κ2) is 7.41. The Bertz CT molecular complexity index is 1030. The minimum atomic E-state index is -3.83. The summed E-state index contributed by atoms with van der Waals surface area (Å²) < 4.78 is 36.8. The first-order chi connectivity index (χ1) is 13.3. The molecule has 0 radical (unpaired) electrons. The molecular weight excluding hydrogens is 382 g/mol. The molecule has 0 spiro atoms. The fourth-order valence-corrected chi connectivity index (χ4v) is 4.90. The van der Waals surface area contributed by atoms with Gasteiger partial charge in [0.2, 0.25) is 0 Å². The Morgan fingerprint density at radius 3 is 2.79 bits per heavy atom. The van der Waals surface area contributed by atoms with Crippen molar-refractivity contribution in [3.05, 3.63) is 40.2 Å². The van der Waals surface area contributed by atoms with E-state index in [2.05, 4.69) is 14.8 Å². The molecule has 0 saturated carbocycles. The van der Waals surface area contributed by atoms with Crippen molar-refractivity contribution < 1.29 is 13.2 Å². The summed E-state index contributed by atoms with van der Waals surface area (Å²) in [4.78, 5) is 16.6. The Kier molecular flexibility index (Phi) is 5.11. The molecule has 1 fully saturated rings. The standard InChI is InChI=1S/C18H25N5O4S/c1-12(2)22-8-17(19-11-22)28(25,26)21-15-9-27-10-16(15)23-18(24)7-13-5-3-4-6-14(13)20-23/h7-8,11-12,15-16,21H,3-6,9-10H2,1-2H3. The zero-order valence-electron chi connectivity index (χ0n) is 16.0. The van der Waals surface area contributed by atoms with Gasteiger partial charge in [0.15, 0.2) is 5.03 Å². The van der Waals surface area contributed by atoms with Crippen molar-refractivity contribution in [3.8, 4) is 0 Å². The van der Waals surface area contributed by atoms with Crippen LogP contribution in [0.15, 0.2) is 28.4 Å². The van der Waals surface area contributed by atoms with Gasteiger partial charge >= 0.3 is 0 Å². The van der Waals surface area contributed by atoms with Crippen LogP contribution in [0.5, 0.6) is 0 Å². The molecule has 1 saturated heterocycles. The molecule has 0 aromatic carbocycles. The van der Waals surface area contributed by atoms with E-state index in [4.69, 9.17) is 4.74 Å². The van der Waals surface area contributed by atoms with Gasteiger partial charge in [-0.25, -0.2) is 22.8 Å². The summed E-state index contributed by atoms with van der Waals surface area (Å²) in [5, 5.41) is 4.50. The smallest absolute Gasteiger partial charge is 0.267 e. The van der Waals surface area contributed by atoms with Crippen LogP contribution in [0.2, 0.25) is 0 Å². The third-order valence-electron chi connectivity index (χ3n) is 5.35. The third-order valence-corrected chi connectivity index (χ3v) is 6.73. The van der Waals surface area contributed by atoms with Crippen molar-refractivity contribution in [3.63, 3.8) is 0 Å². The van der Waals surface area contributed by atoms with E-state index in [1.54, 1.807) is 10.6 Å². The Morgan fingerprint density at radius 2 is 2.04 bits per heavy atom. The Morgan fingerprint density at radius 1 is 1.25 bits per heavy atom. The van der Waals surface area contributed by atoms with Crippen LogP contribution in [0.3, 0.4) is 0 Å². The van der Waals surface area contributed by atoms with E-state index in [0.29, 0.717) is 0 Å². The molecule has 28 heavy (non-hydrogen) atoms. The lowest BCUT2D eigenvalue weighted by molar-refractivity contribution is 0.181. The lowest BCUT2D eigenvalue weighted by Gasteiger charge is -2.22. The van der Waals surface area contributed by atoms with Gasteiger partial charge in [0.05, 0.1) is 37.3 Å². The Labute approximate surface area is 163 Å². The third kappa shape index (κ3) is 3.63. The second-order valence-corrected chi connectivity index (χ2v) is 9.35. The molecule has 1 aliphatic carbocycles. The summed E-state index contributed by atoms with van der Waals surface area (Å²) in [7, 11) is -3.83. The largest absolute Gasteiger partial charge is 0.377 e. The molecule has 2 aromatic heterocycles. The summed E-state index contributed by atoms with van der Waals surface area (Å²) in [6.07, 6.45) is 6.82. The van der Waals surface area contributed by atoms with Crippen LogP contribution in [-0.2, 0) is 27.6 Å². The van der Waals surface area contributed by atoms with Crippen molar-refractivity contribution in [2.45, 2.75) is 62.7 Å². The maximum absolute atomic E-state index is 12.8. The number of rotatable bonds is 5. The molecule has 1 aliphatic heterocycles. The topological polar surface area (TPSA) is 108 Å². The summed E-state index contributed by atoms with van der Waals surface area (Å²) in [5.41, 5.74) is 1.71. The van der Waals surface area contributed by atoms with E-state index >= 15 is 0 Å². The predicted molar refractivity (Wildman–Crippen MR) is 102 cm³/mol. The number of sulfonamides is 1. The van der Waals surface area contributed by atoms with E-state index < -0.39 is 22.1 Å². The van der Waals surface area contributed by atoms with Gasteiger partial charge in [0, 0.05) is 18.3 Å². The number of imidazole rings is 1. The van der Waals surface area contributed by atoms with E-state index in [9.17, 15) is 13.2 Å². The number of aryl methyl sites for hydroxylation is 2. The highest BCUT2D eigenvalue weighted by Crippen LogP contribution is 2.22. The minimum absolute atomic E-state index is 0.0439. The van der Waals surface area contributed by atoms with Gasteiger partial charge in [-0.1, -0.05) is 0 Å². The number of hydrogen-bond acceptors (Lipinski definition) is 6. The summed E-state index contributed by atoms with van der Waals surface area (Å²) >= 11 is 0. The first-order valence-corrected chi connectivity index (χ1v) is 11.1. The quantitative estimate of drug-likeness (QED) is 0.786. The summed E-state index contributed by atoms with van der Waals surface area (Å²) in [5.74, 6) is 0. The van der Waals surface area contributed by atoms with Crippen LogP contribution in [0.25, 0.3) is 0 Å². The molecule has 2 aliphatic rings. The molecule has 0 amide bonds. The van der Waals surface area contributed by atoms with Crippen LogP contribution in [0.1, 0.15) is 50.0 Å². The molecule has 1 N–H and O–H groups in total. The fraction of sp³-hybridized carbons (Fsp3) is 0.611. The Balaban J connectivity index is 1.59. The molecule has 2 aromatic rings. The van der Waals surface area contributed by atoms with Crippen molar-refractivity contribution >= 4 is 10.0 Å². The lowest BCUT2D eigenvalue weighted by Crippen LogP contribution is -2.44. The molecule has 152 valence electrons. The highest BCUT2D eigenvalue weighted by molar-refractivity contribution is 7.89. The molecule has 2 atom stereocenters. The minimum Gasteiger partial charge on any atom is -0.377 e. The van der Waals surface area contributed by atoms with Gasteiger partial charge < -0.3 is 9.30 Å². The van der Waals surface area contributed by atoms with Gasteiger partial charge in [-0.05, 0) is 45.1 Å². The SMILES string of the molecule is CC(C)n1cnc(S(=O)(=O)NC2COCC2n2nc3c(cc2=O)CCCC3)c1. The Hall–Kier alpha value is -2.04. The number of nitrogens with one attached hydrogen (secondary N) is 1. The first kappa shape index (κ1) is 19.3. The van der Waals surface area contributed by atoms with E-state index in [1.807, 2.05) is 13.8 Å². The van der Waals surface area contributed by atoms with Gasteiger partial charge in [-0.15, -0.1) is 0 Å². The van der Waals surface area contributed by atoms with Crippen molar-refractivity contribution in [2.24, 2.45) is 0 Å². The summed E-state index contributed by atoms with van der Waals surface area (Å²) in [6.45, 7) is 4.31. The molecule has 10 heteroatoms. The van der Waals surface area contributed by atoms with Crippen LogP contribution < -0.4 is 10.3 Å². The highest BCUT2D eigenvalue weighted by Gasteiger charge is 2.36. The van der Waals surface area contributed by atoms with E-state index in [1.165, 1.54) is 17.2 Å². The van der Waals surface area contributed by atoms with Crippen LogP contribution in [0.4, 0.5) is 0 Å². The average molecular weight is 407 g/mol. The molecule has 2 unspecified atom stereocenters. The van der Waals surface area contributed by atoms with E-state index in [-0.39, 0.29) is 29.8 Å². The number of nitrogens with zero attached hydrogens (tertiary/aromatic N) is 4. The number of fused-ring (bicyclic) bond motifs is 1. The number of aromatic nitrogens is 4. The van der Waals surface area contributed by atoms with Crippen molar-refractivity contribution in [1.29, 1.82) is 0 Å². The normalized spacial score (nSPS) is 22.5. The molecule has 0 bridgehead atoms. The maximum Gasteiger partial charge on any atom is 0.267 e. The van der Waals surface area contributed by atoms with Crippen LogP contribution >= 0.6 is 0 Å². The van der Waals surface area contributed by atoms with Crippen molar-refractivity contribution in [2.75, 3.05) is 13.2 Å². The predicted octanol–water partition coefficient (Wildman–Crippen LogP) is 0.818. The molecule has 3 heterocycles. The fourth-order valence-electron chi connectivity index (χ4n) is 3.71. The monoisotopic (exact) mass is 407 g/mol. The van der Waals surface area contributed by atoms with Gasteiger partial charge in [0.1, 0.15) is 0 Å². The van der Waals surface area contributed by atoms with E-state index in [0.717, 1.165) is 36.9 Å². The van der Waals surface area contributed by atoms with Crippen LogP contribution in [0, 0.1) is 0 Å². The van der Waals surface area contributed by atoms with Gasteiger partial charge in [-0.2, -0.15) is 5.10 Å². The van der Waals surface area contributed by atoms with Crippen molar-refractivity contribution in [1.82, 2.24) is 24.1 Å². The zero-order valence-corrected chi connectivity index (χ0v) is 16.9. The van der Waals surface area contributed by atoms with Gasteiger partial charge in [0.25, 0.3) is 15.6 Å². The number of ether oxygens (including phenoxy) is 1. The lowest BCUT2D eigenvalue weighted by atomic mass is 9.97. The van der Waals surface area contributed by atoms with Crippen LogP contribution in [-0.4, -0.2) is 47.0 Å². The average Bonchev–Trinajstić information content (AvgIpc) is 3.31. The molecule has 4 rings (SSSR count). The molecular formula is C18H25N5O4S. The molecule has 9 nitrogen and oxygen atoms in total.